The maximum atomic E-state index is 12.0. The molecule has 2 amide bonds. The van der Waals surface area contributed by atoms with E-state index >= 15 is 0 Å². The average Bonchev–Trinajstić information content (AvgIpc) is 2.39. The zero-order valence-electron chi connectivity index (χ0n) is 11.7. The molecule has 1 unspecified atom stereocenters. The van der Waals surface area contributed by atoms with E-state index in [0.29, 0.717) is 12.3 Å². The molecule has 0 aliphatic carbocycles. The summed E-state index contributed by atoms with van der Waals surface area (Å²) >= 11 is 0. The summed E-state index contributed by atoms with van der Waals surface area (Å²) in [4.78, 5) is 27.2. The van der Waals surface area contributed by atoms with Gasteiger partial charge in [0, 0.05) is 39.6 Å². The summed E-state index contributed by atoms with van der Waals surface area (Å²) in [6.07, 6.45) is 1.52. The molecule has 18 heavy (non-hydrogen) atoms. The molecule has 1 N–H and O–H groups in total. The standard InChI is InChI=1S/C13H25N3O2/c1-4-11(2)9-12(17)15(3)10-13(18)16-7-5-14-6-8-16/h11,14H,4-10H2,1-3H3. The van der Waals surface area contributed by atoms with Crippen molar-refractivity contribution >= 4 is 11.8 Å². The minimum Gasteiger partial charge on any atom is -0.339 e. The van der Waals surface area contributed by atoms with Crippen molar-refractivity contribution in [2.75, 3.05) is 39.8 Å². The third-order valence-corrected chi connectivity index (χ3v) is 3.49. The molecule has 0 aromatic rings. The highest BCUT2D eigenvalue weighted by Gasteiger charge is 2.20. The lowest BCUT2D eigenvalue weighted by Gasteiger charge is -2.29. The van der Waals surface area contributed by atoms with Crippen molar-refractivity contribution in [3.8, 4) is 0 Å². The first-order valence-electron chi connectivity index (χ1n) is 6.77. The van der Waals surface area contributed by atoms with E-state index < -0.39 is 0 Å². The second-order valence-corrected chi connectivity index (χ2v) is 5.10. The lowest BCUT2D eigenvalue weighted by Crippen LogP contribution is -2.49. The Balaban J connectivity index is 2.35. The van der Waals surface area contributed by atoms with Crippen LogP contribution in [0.15, 0.2) is 0 Å². The Hall–Kier alpha value is -1.10. The summed E-state index contributed by atoms with van der Waals surface area (Å²) in [5, 5.41) is 3.20. The van der Waals surface area contributed by atoms with E-state index in [4.69, 9.17) is 0 Å². The molecule has 5 nitrogen and oxygen atoms in total. The Morgan fingerprint density at radius 3 is 2.50 bits per heavy atom. The SMILES string of the molecule is CCC(C)CC(=O)N(C)CC(=O)N1CCNCC1. The third kappa shape index (κ3) is 4.64. The van der Waals surface area contributed by atoms with Crippen LogP contribution in [0.4, 0.5) is 0 Å². The van der Waals surface area contributed by atoms with E-state index in [1.807, 2.05) is 4.90 Å². The van der Waals surface area contributed by atoms with Crippen LogP contribution in [0.1, 0.15) is 26.7 Å². The number of nitrogens with zero attached hydrogens (tertiary/aromatic N) is 2. The van der Waals surface area contributed by atoms with E-state index in [9.17, 15) is 9.59 Å². The van der Waals surface area contributed by atoms with Crippen LogP contribution < -0.4 is 5.32 Å². The fourth-order valence-electron chi connectivity index (χ4n) is 1.90. The summed E-state index contributed by atoms with van der Waals surface area (Å²) < 4.78 is 0. The van der Waals surface area contributed by atoms with Gasteiger partial charge in [-0.05, 0) is 5.92 Å². The molecular weight excluding hydrogens is 230 g/mol. The molecule has 104 valence electrons. The van der Waals surface area contributed by atoms with E-state index in [0.717, 1.165) is 32.6 Å². The molecule has 1 fully saturated rings. The molecule has 0 bridgehead atoms. The number of rotatable bonds is 5. The van der Waals surface area contributed by atoms with Crippen LogP contribution >= 0.6 is 0 Å². The first-order chi connectivity index (χ1) is 8.54. The summed E-state index contributed by atoms with van der Waals surface area (Å²) in [6.45, 7) is 7.51. The number of hydrogen-bond donors (Lipinski definition) is 1. The maximum absolute atomic E-state index is 12.0. The maximum Gasteiger partial charge on any atom is 0.242 e. The Morgan fingerprint density at radius 2 is 1.94 bits per heavy atom. The molecule has 1 rings (SSSR count). The van der Waals surface area contributed by atoms with Crippen LogP contribution in [0.2, 0.25) is 0 Å². The van der Waals surface area contributed by atoms with Gasteiger partial charge in [0.1, 0.15) is 0 Å². The van der Waals surface area contributed by atoms with Gasteiger partial charge < -0.3 is 15.1 Å². The van der Waals surface area contributed by atoms with E-state index in [1.165, 1.54) is 0 Å². The van der Waals surface area contributed by atoms with E-state index in [-0.39, 0.29) is 18.4 Å². The van der Waals surface area contributed by atoms with Gasteiger partial charge in [-0.25, -0.2) is 0 Å². The van der Waals surface area contributed by atoms with Crippen molar-refractivity contribution in [3.05, 3.63) is 0 Å². The largest absolute Gasteiger partial charge is 0.339 e. The van der Waals surface area contributed by atoms with Crippen LogP contribution in [0.3, 0.4) is 0 Å². The number of hydrogen-bond acceptors (Lipinski definition) is 3. The van der Waals surface area contributed by atoms with Crippen molar-refractivity contribution in [2.24, 2.45) is 5.92 Å². The second kappa shape index (κ2) is 7.36. The Kier molecular flexibility index (Phi) is 6.12. The first-order valence-corrected chi connectivity index (χ1v) is 6.77. The quantitative estimate of drug-likeness (QED) is 0.769. The molecule has 0 saturated carbocycles. The minimum absolute atomic E-state index is 0.0523. The Labute approximate surface area is 110 Å². The average molecular weight is 255 g/mol. The Bertz CT molecular complexity index is 288. The topological polar surface area (TPSA) is 52.7 Å². The fourth-order valence-corrected chi connectivity index (χ4v) is 1.90. The lowest BCUT2D eigenvalue weighted by molar-refractivity contribution is -0.140. The normalized spacial score (nSPS) is 17.4. The van der Waals surface area contributed by atoms with Gasteiger partial charge in [-0.3, -0.25) is 9.59 Å². The summed E-state index contributed by atoms with van der Waals surface area (Å²) in [5.74, 6) is 0.499. The van der Waals surface area contributed by atoms with Crippen molar-refractivity contribution in [1.29, 1.82) is 0 Å². The number of piperazine rings is 1. The molecule has 0 radical (unpaired) electrons. The van der Waals surface area contributed by atoms with Crippen molar-refractivity contribution in [3.63, 3.8) is 0 Å². The van der Waals surface area contributed by atoms with Gasteiger partial charge in [0.25, 0.3) is 0 Å². The van der Waals surface area contributed by atoms with E-state index in [1.54, 1.807) is 11.9 Å². The van der Waals surface area contributed by atoms with Crippen LogP contribution in [-0.4, -0.2) is 61.4 Å². The van der Waals surface area contributed by atoms with Crippen LogP contribution in [-0.2, 0) is 9.59 Å². The summed E-state index contributed by atoms with van der Waals surface area (Å²) in [5.41, 5.74) is 0. The van der Waals surface area contributed by atoms with Gasteiger partial charge >= 0.3 is 0 Å². The lowest BCUT2D eigenvalue weighted by atomic mass is 10.0. The molecule has 0 spiro atoms. The number of amides is 2. The molecule has 1 heterocycles. The minimum atomic E-state index is 0.0523. The molecule has 1 atom stereocenters. The highest BCUT2D eigenvalue weighted by Crippen LogP contribution is 2.08. The van der Waals surface area contributed by atoms with Crippen LogP contribution in [0.25, 0.3) is 0 Å². The van der Waals surface area contributed by atoms with Gasteiger partial charge in [-0.1, -0.05) is 20.3 Å². The Morgan fingerprint density at radius 1 is 1.33 bits per heavy atom. The second-order valence-electron chi connectivity index (χ2n) is 5.10. The monoisotopic (exact) mass is 255 g/mol. The molecule has 1 saturated heterocycles. The van der Waals surface area contributed by atoms with Gasteiger partial charge in [-0.15, -0.1) is 0 Å². The third-order valence-electron chi connectivity index (χ3n) is 3.49. The van der Waals surface area contributed by atoms with Crippen LogP contribution in [0.5, 0.6) is 0 Å². The predicted molar refractivity (Wildman–Crippen MR) is 71.2 cm³/mol. The molecule has 1 aliphatic heterocycles. The molecule has 5 heteroatoms. The molecule has 0 aromatic heterocycles. The first kappa shape index (κ1) is 15.0. The number of carbonyl (C=O) groups excluding carboxylic acids is 2. The number of carbonyl (C=O) groups is 2. The smallest absolute Gasteiger partial charge is 0.242 e. The number of likely N-dealkylation sites (N-methyl/N-ethyl adjacent to an activating group) is 1. The molecular formula is C13H25N3O2. The van der Waals surface area contributed by atoms with E-state index in [2.05, 4.69) is 19.2 Å². The van der Waals surface area contributed by atoms with Gasteiger partial charge in [0.05, 0.1) is 6.54 Å². The molecule has 1 aliphatic rings. The number of nitrogens with one attached hydrogen (secondary N) is 1. The highest BCUT2D eigenvalue weighted by molar-refractivity contribution is 5.84. The summed E-state index contributed by atoms with van der Waals surface area (Å²) in [7, 11) is 1.71. The highest BCUT2D eigenvalue weighted by atomic mass is 16.2. The van der Waals surface area contributed by atoms with Gasteiger partial charge in [-0.2, -0.15) is 0 Å². The summed E-state index contributed by atoms with van der Waals surface area (Å²) in [6, 6.07) is 0. The van der Waals surface area contributed by atoms with Crippen LogP contribution in [0, 0.1) is 5.92 Å². The van der Waals surface area contributed by atoms with Crippen molar-refractivity contribution in [1.82, 2.24) is 15.1 Å². The zero-order valence-corrected chi connectivity index (χ0v) is 11.7. The molecule has 0 aromatic carbocycles. The van der Waals surface area contributed by atoms with Crippen molar-refractivity contribution < 1.29 is 9.59 Å². The zero-order chi connectivity index (χ0) is 13.5. The fraction of sp³-hybridized carbons (Fsp3) is 0.846. The van der Waals surface area contributed by atoms with Gasteiger partial charge in [0.15, 0.2) is 0 Å². The predicted octanol–water partition coefficient (Wildman–Crippen LogP) is 0.313. The van der Waals surface area contributed by atoms with Crippen molar-refractivity contribution in [2.45, 2.75) is 26.7 Å². The van der Waals surface area contributed by atoms with Gasteiger partial charge in [0.2, 0.25) is 11.8 Å².